The maximum atomic E-state index is 11.9. The number of rotatable bonds is 3. The SMILES string of the molecule is NC(=O)C1CCCN(S(=O)(=O)C2CC2)C1. The van der Waals surface area contributed by atoms with Crippen molar-refractivity contribution in [3.63, 3.8) is 0 Å². The molecule has 0 aromatic heterocycles. The molecular weight excluding hydrogens is 216 g/mol. The van der Waals surface area contributed by atoms with E-state index in [-0.39, 0.29) is 23.6 Å². The number of hydrogen-bond donors (Lipinski definition) is 1. The Bertz CT molecular complexity index is 362. The Balaban J connectivity index is 2.07. The van der Waals surface area contributed by atoms with Gasteiger partial charge in [-0.25, -0.2) is 12.7 Å². The first-order chi connectivity index (χ1) is 7.01. The molecule has 1 atom stereocenters. The van der Waals surface area contributed by atoms with Crippen LogP contribution in [-0.2, 0) is 14.8 Å². The zero-order valence-corrected chi connectivity index (χ0v) is 9.37. The molecule has 0 aromatic carbocycles. The van der Waals surface area contributed by atoms with Gasteiger partial charge in [0.25, 0.3) is 0 Å². The van der Waals surface area contributed by atoms with E-state index in [1.807, 2.05) is 0 Å². The van der Waals surface area contributed by atoms with Gasteiger partial charge in [-0.15, -0.1) is 0 Å². The third kappa shape index (κ3) is 2.15. The van der Waals surface area contributed by atoms with E-state index in [2.05, 4.69) is 0 Å². The number of nitrogens with two attached hydrogens (primary N) is 1. The average Bonchev–Trinajstić information content (AvgIpc) is 3.01. The fourth-order valence-corrected chi connectivity index (χ4v) is 3.91. The summed E-state index contributed by atoms with van der Waals surface area (Å²) in [6, 6.07) is 0. The molecule has 0 aromatic rings. The Morgan fingerprint density at radius 1 is 1.27 bits per heavy atom. The summed E-state index contributed by atoms with van der Waals surface area (Å²) >= 11 is 0. The first-order valence-electron chi connectivity index (χ1n) is 5.30. The lowest BCUT2D eigenvalue weighted by molar-refractivity contribution is -0.122. The molecule has 2 N–H and O–H groups in total. The molecule has 1 aliphatic heterocycles. The average molecular weight is 232 g/mol. The Labute approximate surface area is 89.7 Å². The summed E-state index contributed by atoms with van der Waals surface area (Å²) in [5.74, 6) is -0.682. The Kier molecular flexibility index (Phi) is 2.72. The minimum absolute atomic E-state index is 0.191. The number of sulfonamides is 1. The highest BCUT2D eigenvalue weighted by molar-refractivity contribution is 7.90. The lowest BCUT2D eigenvalue weighted by Gasteiger charge is -2.30. The van der Waals surface area contributed by atoms with E-state index in [1.165, 1.54) is 4.31 Å². The summed E-state index contributed by atoms with van der Waals surface area (Å²) in [4.78, 5) is 11.0. The second-order valence-corrected chi connectivity index (χ2v) is 6.56. The van der Waals surface area contributed by atoms with Gasteiger partial charge in [-0.2, -0.15) is 0 Å². The zero-order valence-electron chi connectivity index (χ0n) is 8.55. The van der Waals surface area contributed by atoms with Gasteiger partial charge < -0.3 is 5.73 Å². The molecule has 2 rings (SSSR count). The number of amides is 1. The van der Waals surface area contributed by atoms with Gasteiger partial charge in [0, 0.05) is 13.1 Å². The number of piperidine rings is 1. The summed E-state index contributed by atoms with van der Waals surface area (Å²) in [6.45, 7) is 0.830. The van der Waals surface area contributed by atoms with E-state index in [9.17, 15) is 13.2 Å². The minimum Gasteiger partial charge on any atom is -0.369 e. The summed E-state index contributed by atoms with van der Waals surface area (Å²) < 4.78 is 25.2. The van der Waals surface area contributed by atoms with Gasteiger partial charge in [-0.3, -0.25) is 4.79 Å². The molecule has 2 aliphatic rings. The number of hydrogen-bond acceptors (Lipinski definition) is 3. The van der Waals surface area contributed by atoms with Gasteiger partial charge in [0.05, 0.1) is 11.2 Å². The normalized spacial score (nSPS) is 28.9. The first kappa shape index (κ1) is 10.9. The van der Waals surface area contributed by atoms with E-state index < -0.39 is 10.0 Å². The summed E-state index contributed by atoms with van der Waals surface area (Å²) in [6.07, 6.45) is 2.98. The molecular formula is C9H16N2O3S. The van der Waals surface area contributed by atoms with Crippen molar-refractivity contribution in [2.45, 2.75) is 30.9 Å². The molecule has 15 heavy (non-hydrogen) atoms. The second kappa shape index (κ2) is 3.75. The van der Waals surface area contributed by atoms with Crippen LogP contribution in [-0.4, -0.2) is 37.0 Å². The highest BCUT2D eigenvalue weighted by atomic mass is 32.2. The van der Waals surface area contributed by atoms with Crippen molar-refractivity contribution < 1.29 is 13.2 Å². The Morgan fingerprint density at radius 2 is 1.93 bits per heavy atom. The topological polar surface area (TPSA) is 80.5 Å². The number of primary amides is 1. The minimum atomic E-state index is -3.13. The number of nitrogens with zero attached hydrogens (tertiary/aromatic N) is 1. The Hall–Kier alpha value is -0.620. The molecule has 86 valence electrons. The van der Waals surface area contributed by atoms with Gasteiger partial charge in [0.1, 0.15) is 0 Å². The monoisotopic (exact) mass is 232 g/mol. The molecule has 0 radical (unpaired) electrons. The van der Waals surface area contributed by atoms with Gasteiger partial charge in [0.2, 0.25) is 15.9 Å². The van der Waals surface area contributed by atoms with Crippen molar-refractivity contribution in [1.82, 2.24) is 4.31 Å². The van der Waals surface area contributed by atoms with Gasteiger partial charge >= 0.3 is 0 Å². The van der Waals surface area contributed by atoms with Crippen LogP contribution in [0.25, 0.3) is 0 Å². The zero-order chi connectivity index (χ0) is 11.1. The van der Waals surface area contributed by atoms with Crippen LogP contribution >= 0.6 is 0 Å². The van der Waals surface area contributed by atoms with Gasteiger partial charge in [-0.05, 0) is 25.7 Å². The van der Waals surface area contributed by atoms with Crippen molar-refractivity contribution in [3.8, 4) is 0 Å². The predicted molar refractivity (Wildman–Crippen MR) is 55.4 cm³/mol. The molecule has 2 fully saturated rings. The third-order valence-corrected chi connectivity index (χ3v) is 5.46. The largest absolute Gasteiger partial charge is 0.369 e. The fourth-order valence-electron chi connectivity index (χ4n) is 1.98. The highest BCUT2D eigenvalue weighted by Crippen LogP contribution is 2.33. The van der Waals surface area contributed by atoms with Crippen molar-refractivity contribution in [3.05, 3.63) is 0 Å². The van der Waals surface area contributed by atoms with Crippen LogP contribution in [0.4, 0.5) is 0 Å². The summed E-state index contributed by atoms with van der Waals surface area (Å²) in [7, 11) is -3.13. The van der Waals surface area contributed by atoms with E-state index in [0.29, 0.717) is 13.0 Å². The lowest BCUT2D eigenvalue weighted by Crippen LogP contribution is -2.45. The number of carbonyl (C=O) groups excluding carboxylic acids is 1. The molecule has 6 heteroatoms. The van der Waals surface area contributed by atoms with Gasteiger partial charge in [0.15, 0.2) is 0 Å². The van der Waals surface area contributed by atoms with Crippen LogP contribution in [0.1, 0.15) is 25.7 Å². The van der Waals surface area contributed by atoms with Crippen molar-refractivity contribution in [2.24, 2.45) is 11.7 Å². The van der Waals surface area contributed by atoms with Crippen LogP contribution in [0.3, 0.4) is 0 Å². The Morgan fingerprint density at radius 3 is 2.47 bits per heavy atom. The summed E-state index contributed by atoms with van der Waals surface area (Å²) in [5.41, 5.74) is 5.20. The van der Waals surface area contributed by atoms with E-state index in [1.54, 1.807) is 0 Å². The molecule has 1 aliphatic carbocycles. The maximum Gasteiger partial charge on any atom is 0.221 e. The van der Waals surface area contributed by atoms with Gasteiger partial charge in [-0.1, -0.05) is 0 Å². The standard InChI is InChI=1S/C9H16N2O3S/c10-9(12)7-2-1-5-11(6-7)15(13,14)8-3-4-8/h7-8H,1-6H2,(H2,10,12). The van der Waals surface area contributed by atoms with Crippen molar-refractivity contribution in [1.29, 1.82) is 0 Å². The van der Waals surface area contributed by atoms with Crippen molar-refractivity contribution in [2.75, 3.05) is 13.1 Å². The van der Waals surface area contributed by atoms with E-state index in [4.69, 9.17) is 5.73 Å². The molecule has 0 spiro atoms. The van der Waals surface area contributed by atoms with Crippen LogP contribution in [0.5, 0.6) is 0 Å². The molecule has 1 unspecified atom stereocenters. The van der Waals surface area contributed by atoms with Crippen LogP contribution in [0.15, 0.2) is 0 Å². The first-order valence-corrected chi connectivity index (χ1v) is 6.80. The molecule has 1 saturated carbocycles. The maximum absolute atomic E-state index is 11.9. The smallest absolute Gasteiger partial charge is 0.221 e. The third-order valence-electron chi connectivity index (χ3n) is 3.09. The summed E-state index contributed by atoms with van der Waals surface area (Å²) in [5, 5.41) is -0.191. The molecule has 1 heterocycles. The van der Waals surface area contributed by atoms with Crippen LogP contribution in [0, 0.1) is 5.92 Å². The second-order valence-electron chi connectivity index (χ2n) is 4.34. The quantitative estimate of drug-likeness (QED) is 0.724. The molecule has 1 amide bonds. The van der Waals surface area contributed by atoms with Crippen LogP contribution in [0.2, 0.25) is 0 Å². The van der Waals surface area contributed by atoms with Crippen LogP contribution < -0.4 is 5.73 Å². The van der Waals surface area contributed by atoms with E-state index >= 15 is 0 Å². The lowest BCUT2D eigenvalue weighted by atomic mass is 9.99. The number of carbonyl (C=O) groups is 1. The molecule has 1 saturated heterocycles. The molecule has 5 nitrogen and oxygen atoms in total. The predicted octanol–water partition coefficient (Wildman–Crippen LogP) is -0.324. The highest BCUT2D eigenvalue weighted by Gasteiger charge is 2.42. The molecule has 0 bridgehead atoms. The van der Waals surface area contributed by atoms with E-state index in [0.717, 1.165) is 19.3 Å². The van der Waals surface area contributed by atoms with Crippen molar-refractivity contribution >= 4 is 15.9 Å². The fraction of sp³-hybridized carbons (Fsp3) is 0.889.